The normalized spacial score (nSPS) is 15.8. The number of nitrogens with zero attached hydrogens (tertiary/aromatic N) is 2. The number of furan rings is 1. The molecule has 3 aromatic rings. The van der Waals surface area contributed by atoms with Crippen LogP contribution in [-0.2, 0) is 33.8 Å². The van der Waals surface area contributed by atoms with Gasteiger partial charge in [0.05, 0.1) is 12.3 Å². The SMILES string of the molecule is CCOC(=O)c1ccc(COc2ccc3c(c2)CCn2c-3cc(OC(C3=CC=CCC3)C3=COC=CO3)nc2=O)o1. The van der Waals surface area contributed by atoms with Crippen LogP contribution in [0.15, 0.2) is 94.0 Å². The van der Waals surface area contributed by atoms with Crippen LogP contribution in [-0.4, -0.2) is 28.2 Å². The van der Waals surface area contributed by atoms with Gasteiger partial charge >= 0.3 is 11.7 Å². The number of carbonyl (C=O) groups is 1. The molecule has 3 aliphatic rings. The van der Waals surface area contributed by atoms with E-state index in [-0.39, 0.29) is 30.5 Å². The number of ether oxygens (including phenoxy) is 5. The first-order valence-corrected chi connectivity index (χ1v) is 13.4. The first-order chi connectivity index (χ1) is 20.1. The van der Waals surface area contributed by atoms with Gasteiger partial charge in [0.15, 0.2) is 11.9 Å². The molecule has 1 aromatic carbocycles. The van der Waals surface area contributed by atoms with Crippen molar-refractivity contribution in [3.8, 4) is 22.9 Å². The second-order valence-electron chi connectivity index (χ2n) is 9.51. The lowest BCUT2D eigenvalue weighted by Crippen LogP contribution is -2.31. The number of hydrogen-bond acceptors (Lipinski definition) is 9. The molecule has 6 rings (SSSR count). The Morgan fingerprint density at radius 3 is 2.88 bits per heavy atom. The van der Waals surface area contributed by atoms with Crippen LogP contribution in [0.1, 0.15) is 41.6 Å². The lowest BCUT2D eigenvalue weighted by Gasteiger charge is -2.26. The number of rotatable bonds is 9. The molecule has 0 radical (unpaired) electrons. The summed E-state index contributed by atoms with van der Waals surface area (Å²) in [5.41, 5.74) is 3.24. The molecule has 10 nitrogen and oxygen atoms in total. The summed E-state index contributed by atoms with van der Waals surface area (Å²) in [6, 6.07) is 10.7. The number of fused-ring (bicyclic) bond motifs is 3. The van der Waals surface area contributed by atoms with Gasteiger partial charge in [0, 0.05) is 18.2 Å². The Morgan fingerprint density at radius 2 is 2.07 bits per heavy atom. The molecule has 0 saturated carbocycles. The molecule has 1 atom stereocenters. The van der Waals surface area contributed by atoms with Crippen LogP contribution in [0.2, 0.25) is 0 Å². The van der Waals surface area contributed by atoms with Crippen molar-refractivity contribution in [2.24, 2.45) is 0 Å². The Kier molecular flexibility index (Phi) is 7.44. The van der Waals surface area contributed by atoms with E-state index >= 15 is 0 Å². The number of allylic oxidation sites excluding steroid dienone is 3. The van der Waals surface area contributed by atoms with Gasteiger partial charge in [-0.15, -0.1) is 0 Å². The van der Waals surface area contributed by atoms with E-state index in [0.29, 0.717) is 35.9 Å². The highest BCUT2D eigenvalue weighted by atomic mass is 16.6. The Hall–Kier alpha value is -4.99. The standard InChI is InChI=1S/C31H28N2O8/c1-2-37-30(34)26-11-9-23(40-26)18-39-22-8-10-24-21(16-22)12-13-33-25(24)17-28(32-31(33)35)41-29(20-6-4-3-5-7-20)27-19-36-14-15-38-27/h3-4,6,8-11,14-17,19,29H,2,5,7,12-13,18H2,1H3. The highest BCUT2D eigenvalue weighted by Gasteiger charge is 2.27. The zero-order chi connectivity index (χ0) is 28.2. The zero-order valence-corrected chi connectivity index (χ0v) is 22.4. The summed E-state index contributed by atoms with van der Waals surface area (Å²) in [7, 11) is 0. The third-order valence-corrected chi connectivity index (χ3v) is 6.87. The molecule has 0 fully saturated rings. The molecule has 0 amide bonds. The van der Waals surface area contributed by atoms with Crippen molar-refractivity contribution in [1.29, 1.82) is 0 Å². The Bertz CT molecular complexity index is 1640. The minimum Gasteiger partial charge on any atom is -0.486 e. The van der Waals surface area contributed by atoms with E-state index in [4.69, 9.17) is 28.1 Å². The number of hydrogen-bond donors (Lipinski definition) is 0. The maximum absolute atomic E-state index is 13.0. The maximum atomic E-state index is 13.0. The average molecular weight is 557 g/mol. The van der Waals surface area contributed by atoms with Crippen molar-refractivity contribution in [2.45, 2.75) is 45.4 Å². The van der Waals surface area contributed by atoms with E-state index < -0.39 is 12.1 Å². The van der Waals surface area contributed by atoms with Crippen molar-refractivity contribution in [2.75, 3.05) is 6.61 Å². The Labute approximate surface area is 235 Å². The number of carbonyl (C=O) groups excluding carboxylic acids is 1. The maximum Gasteiger partial charge on any atom is 0.374 e. The van der Waals surface area contributed by atoms with Crippen LogP contribution in [0.25, 0.3) is 11.3 Å². The number of aryl methyl sites for hydroxylation is 1. The summed E-state index contributed by atoms with van der Waals surface area (Å²) in [6.45, 7) is 2.64. The fourth-order valence-electron chi connectivity index (χ4n) is 4.93. The van der Waals surface area contributed by atoms with E-state index in [0.717, 1.165) is 29.5 Å². The van der Waals surface area contributed by atoms with Crippen LogP contribution in [0.5, 0.6) is 11.6 Å². The van der Waals surface area contributed by atoms with Crippen molar-refractivity contribution < 1.29 is 32.9 Å². The van der Waals surface area contributed by atoms with Gasteiger partial charge in [-0.3, -0.25) is 4.57 Å². The topological polar surface area (TPSA) is 111 Å². The van der Waals surface area contributed by atoms with E-state index in [1.807, 2.05) is 30.4 Å². The van der Waals surface area contributed by atoms with Crippen LogP contribution in [0, 0.1) is 0 Å². The second kappa shape index (κ2) is 11.6. The van der Waals surface area contributed by atoms with Crippen LogP contribution in [0.3, 0.4) is 0 Å². The number of benzene rings is 1. The molecule has 1 unspecified atom stereocenters. The third kappa shape index (κ3) is 5.67. The molecule has 1 aliphatic carbocycles. The predicted octanol–water partition coefficient (Wildman–Crippen LogP) is 5.20. The lowest BCUT2D eigenvalue weighted by molar-refractivity contribution is 0.0486. The molecule has 210 valence electrons. The molecular formula is C31H28N2O8. The molecule has 0 bridgehead atoms. The average Bonchev–Trinajstić information content (AvgIpc) is 3.49. The smallest absolute Gasteiger partial charge is 0.374 e. The minimum absolute atomic E-state index is 0.137. The minimum atomic E-state index is -0.593. The molecule has 41 heavy (non-hydrogen) atoms. The van der Waals surface area contributed by atoms with Crippen LogP contribution >= 0.6 is 0 Å². The fraction of sp³-hybridized carbons (Fsp3) is 0.258. The van der Waals surface area contributed by atoms with Gasteiger partial charge in [-0.25, -0.2) is 9.59 Å². The third-order valence-electron chi connectivity index (χ3n) is 6.87. The van der Waals surface area contributed by atoms with Crippen molar-refractivity contribution in [1.82, 2.24) is 9.55 Å². The van der Waals surface area contributed by atoms with E-state index in [2.05, 4.69) is 11.1 Å². The highest BCUT2D eigenvalue weighted by molar-refractivity contribution is 5.86. The van der Waals surface area contributed by atoms with E-state index in [1.165, 1.54) is 18.8 Å². The van der Waals surface area contributed by atoms with Crippen molar-refractivity contribution >= 4 is 5.97 Å². The Balaban J connectivity index is 1.23. The fourth-order valence-corrected chi connectivity index (χ4v) is 4.93. The van der Waals surface area contributed by atoms with Crippen LogP contribution < -0.4 is 15.2 Å². The summed E-state index contributed by atoms with van der Waals surface area (Å²) in [5.74, 6) is 1.45. The molecule has 2 aliphatic heterocycles. The molecule has 10 heteroatoms. The molecule has 0 N–H and O–H groups in total. The van der Waals surface area contributed by atoms with Crippen molar-refractivity contribution in [3.63, 3.8) is 0 Å². The first-order valence-electron chi connectivity index (χ1n) is 13.4. The quantitative estimate of drug-likeness (QED) is 0.328. The predicted molar refractivity (Wildman–Crippen MR) is 147 cm³/mol. The van der Waals surface area contributed by atoms with E-state index in [1.54, 1.807) is 29.7 Å². The van der Waals surface area contributed by atoms with Crippen LogP contribution in [0.4, 0.5) is 0 Å². The number of aromatic nitrogens is 2. The van der Waals surface area contributed by atoms with Gasteiger partial charge in [-0.2, -0.15) is 4.98 Å². The van der Waals surface area contributed by atoms with Gasteiger partial charge in [0.25, 0.3) is 0 Å². The Morgan fingerprint density at radius 1 is 1.15 bits per heavy atom. The zero-order valence-electron chi connectivity index (χ0n) is 22.4. The molecule has 4 heterocycles. The first kappa shape index (κ1) is 26.2. The van der Waals surface area contributed by atoms with Gasteiger partial charge in [-0.1, -0.05) is 18.2 Å². The van der Waals surface area contributed by atoms with E-state index in [9.17, 15) is 9.59 Å². The van der Waals surface area contributed by atoms with Crippen molar-refractivity contribution in [3.05, 3.63) is 112 Å². The van der Waals surface area contributed by atoms with Gasteiger partial charge in [-0.05, 0) is 67.7 Å². The van der Waals surface area contributed by atoms with Gasteiger partial charge in [0.2, 0.25) is 11.6 Å². The largest absolute Gasteiger partial charge is 0.486 e. The summed E-state index contributed by atoms with van der Waals surface area (Å²) in [6.07, 6.45) is 12.1. The summed E-state index contributed by atoms with van der Waals surface area (Å²) < 4.78 is 35.4. The lowest BCUT2D eigenvalue weighted by atomic mass is 9.97. The summed E-state index contributed by atoms with van der Waals surface area (Å²) in [5, 5.41) is 0. The molecule has 2 aromatic heterocycles. The summed E-state index contributed by atoms with van der Waals surface area (Å²) in [4.78, 5) is 29.1. The molecular weight excluding hydrogens is 528 g/mol. The molecule has 0 spiro atoms. The second-order valence-corrected chi connectivity index (χ2v) is 9.51. The monoisotopic (exact) mass is 556 g/mol. The highest BCUT2D eigenvalue weighted by Crippen LogP contribution is 2.34. The molecule has 0 saturated heterocycles. The number of esters is 1. The summed E-state index contributed by atoms with van der Waals surface area (Å²) >= 11 is 0. The van der Waals surface area contributed by atoms with Gasteiger partial charge < -0.3 is 28.1 Å². The van der Waals surface area contributed by atoms with Gasteiger partial charge in [0.1, 0.15) is 36.9 Å².